The van der Waals surface area contributed by atoms with Crippen LogP contribution in [-0.2, 0) is 4.79 Å². The van der Waals surface area contributed by atoms with E-state index in [-0.39, 0.29) is 22.9 Å². The van der Waals surface area contributed by atoms with Crippen LogP contribution in [0.4, 0.5) is 5.69 Å². The predicted molar refractivity (Wildman–Crippen MR) is 132 cm³/mol. The Morgan fingerprint density at radius 1 is 0.886 bits per heavy atom. The predicted octanol–water partition coefficient (Wildman–Crippen LogP) is 5.17. The first-order chi connectivity index (χ1) is 17.0. The number of rotatable bonds is 7. The fourth-order valence-corrected chi connectivity index (χ4v) is 3.81. The molecule has 0 bridgehead atoms. The summed E-state index contributed by atoms with van der Waals surface area (Å²) in [5.41, 5.74) is 0.918. The Bertz CT molecular complexity index is 1230. The van der Waals surface area contributed by atoms with Crippen LogP contribution in [0, 0.1) is 10.1 Å². The van der Waals surface area contributed by atoms with Crippen molar-refractivity contribution in [1.82, 2.24) is 10.2 Å². The van der Waals surface area contributed by atoms with Crippen molar-refractivity contribution in [2.45, 2.75) is 19.3 Å². The number of amides is 2. The third kappa shape index (κ3) is 6.32. The molecule has 1 aliphatic rings. The number of carbonyl (C=O) groups is 2. The van der Waals surface area contributed by atoms with Gasteiger partial charge in [0.05, 0.1) is 4.92 Å². The summed E-state index contributed by atoms with van der Waals surface area (Å²) in [6.45, 7) is 1.25. The Labute approximate surface area is 203 Å². The first kappa shape index (κ1) is 23.7. The summed E-state index contributed by atoms with van der Waals surface area (Å²) in [5.74, 6) is 0.490. The summed E-state index contributed by atoms with van der Waals surface area (Å²) < 4.78 is 5.89. The van der Waals surface area contributed by atoms with Crippen LogP contribution < -0.4 is 10.1 Å². The Morgan fingerprint density at radius 2 is 1.57 bits per heavy atom. The fraction of sp³-hybridized carbons (Fsp3) is 0.185. The van der Waals surface area contributed by atoms with E-state index in [2.05, 4.69) is 5.32 Å². The molecule has 0 aromatic heterocycles. The third-order valence-corrected chi connectivity index (χ3v) is 5.61. The molecule has 1 fully saturated rings. The molecular formula is C27H25N3O5. The summed E-state index contributed by atoms with van der Waals surface area (Å²) in [5, 5.41) is 13.6. The third-order valence-electron chi connectivity index (χ3n) is 5.61. The topological polar surface area (TPSA) is 102 Å². The molecule has 8 nitrogen and oxygen atoms in total. The van der Waals surface area contributed by atoms with Crippen molar-refractivity contribution in [3.8, 4) is 11.5 Å². The average Bonchev–Trinajstić information content (AvgIpc) is 2.89. The van der Waals surface area contributed by atoms with Crippen molar-refractivity contribution in [1.29, 1.82) is 0 Å². The van der Waals surface area contributed by atoms with Crippen LogP contribution in [0.1, 0.15) is 35.2 Å². The van der Waals surface area contributed by atoms with Gasteiger partial charge < -0.3 is 15.0 Å². The minimum atomic E-state index is -0.530. The molecule has 1 N–H and O–H groups in total. The molecule has 0 spiro atoms. The van der Waals surface area contributed by atoms with Crippen molar-refractivity contribution in [3.05, 3.63) is 106 Å². The van der Waals surface area contributed by atoms with Crippen LogP contribution in [0.3, 0.4) is 0 Å². The van der Waals surface area contributed by atoms with Crippen LogP contribution in [0.25, 0.3) is 6.08 Å². The summed E-state index contributed by atoms with van der Waals surface area (Å²) in [6, 6.07) is 21.8. The standard InChI is InChI=1S/C27H25N3O5/c31-26(21-12-14-22(15-13-21)30(33)34)28-25(27(32)29-16-5-2-6-17-29)19-20-8-7-11-24(18-20)35-23-9-3-1-4-10-23/h1,3-4,7-15,18-19H,2,5-6,16-17H2,(H,28,31). The Balaban J connectivity index is 1.60. The van der Waals surface area contributed by atoms with E-state index in [9.17, 15) is 19.7 Å². The Morgan fingerprint density at radius 3 is 2.26 bits per heavy atom. The number of nitro groups is 1. The molecule has 2 amide bonds. The van der Waals surface area contributed by atoms with E-state index in [4.69, 9.17) is 4.74 Å². The van der Waals surface area contributed by atoms with E-state index in [0.29, 0.717) is 30.2 Å². The number of nitrogens with zero attached hydrogens (tertiary/aromatic N) is 2. The van der Waals surface area contributed by atoms with E-state index in [1.54, 1.807) is 17.0 Å². The molecule has 0 radical (unpaired) electrons. The van der Waals surface area contributed by atoms with Crippen LogP contribution in [0.2, 0.25) is 0 Å². The van der Waals surface area contributed by atoms with E-state index in [0.717, 1.165) is 19.3 Å². The van der Waals surface area contributed by atoms with Crippen molar-refractivity contribution in [2.75, 3.05) is 13.1 Å². The molecule has 8 heteroatoms. The Kier molecular flexibility index (Phi) is 7.52. The van der Waals surface area contributed by atoms with Gasteiger partial charge in [-0.05, 0) is 67.3 Å². The number of benzene rings is 3. The molecule has 1 saturated heterocycles. The molecule has 0 unspecified atom stereocenters. The molecule has 35 heavy (non-hydrogen) atoms. The van der Waals surface area contributed by atoms with Gasteiger partial charge in [0, 0.05) is 30.8 Å². The van der Waals surface area contributed by atoms with Gasteiger partial charge in [-0.1, -0.05) is 30.3 Å². The maximum absolute atomic E-state index is 13.3. The monoisotopic (exact) mass is 471 g/mol. The molecule has 1 heterocycles. The van der Waals surface area contributed by atoms with Gasteiger partial charge in [-0.3, -0.25) is 19.7 Å². The second kappa shape index (κ2) is 11.1. The number of piperidine rings is 1. The van der Waals surface area contributed by atoms with Gasteiger partial charge in [0.15, 0.2) is 0 Å². The fourth-order valence-electron chi connectivity index (χ4n) is 3.81. The van der Waals surface area contributed by atoms with Gasteiger partial charge in [-0.2, -0.15) is 0 Å². The summed E-state index contributed by atoms with van der Waals surface area (Å²) >= 11 is 0. The number of para-hydroxylation sites is 1. The second-order valence-corrected chi connectivity index (χ2v) is 8.16. The summed E-state index contributed by atoms with van der Waals surface area (Å²) in [6.07, 6.45) is 4.51. The highest BCUT2D eigenvalue weighted by Crippen LogP contribution is 2.23. The molecule has 4 rings (SSSR count). The van der Waals surface area contributed by atoms with Gasteiger partial charge in [-0.15, -0.1) is 0 Å². The lowest BCUT2D eigenvalue weighted by molar-refractivity contribution is -0.384. The van der Waals surface area contributed by atoms with Crippen LogP contribution in [0.15, 0.2) is 84.6 Å². The second-order valence-electron chi connectivity index (χ2n) is 8.16. The molecule has 0 aliphatic carbocycles. The molecule has 3 aromatic rings. The van der Waals surface area contributed by atoms with Gasteiger partial charge in [0.25, 0.3) is 17.5 Å². The van der Waals surface area contributed by atoms with Gasteiger partial charge in [0.2, 0.25) is 0 Å². The van der Waals surface area contributed by atoms with Crippen LogP contribution >= 0.6 is 0 Å². The normalized spacial score (nSPS) is 13.7. The SMILES string of the molecule is O=C(NC(=Cc1cccc(Oc2ccccc2)c1)C(=O)N1CCCCC1)c1ccc([N+](=O)[O-])cc1. The Hall–Kier alpha value is -4.46. The zero-order valence-corrected chi connectivity index (χ0v) is 19.1. The first-order valence-electron chi connectivity index (χ1n) is 11.4. The van der Waals surface area contributed by atoms with Crippen molar-refractivity contribution in [3.63, 3.8) is 0 Å². The molecular weight excluding hydrogens is 446 g/mol. The quantitative estimate of drug-likeness (QED) is 0.291. The molecule has 178 valence electrons. The summed E-state index contributed by atoms with van der Waals surface area (Å²) in [7, 11) is 0. The van der Waals surface area contributed by atoms with Crippen molar-refractivity contribution in [2.24, 2.45) is 0 Å². The number of ether oxygens (including phenoxy) is 1. The van der Waals surface area contributed by atoms with E-state index >= 15 is 0 Å². The van der Waals surface area contributed by atoms with Crippen LogP contribution in [0.5, 0.6) is 11.5 Å². The minimum Gasteiger partial charge on any atom is -0.457 e. The smallest absolute Gasteiger partial charge is 0.270 e. The lowest BCUT2D eigenvalue weighted by Crippen LogP contribution is -2.41. The molecule has 0 atom stereocenters. The zero-order valence-electron chi connectivity index (χ0n) is 19.1. The number of hydrogen-bond donors (Lipinski definition) is 1. The van der Waals surface area contributed by atoms with E-state index in [1.165, 1.54) is 24.3 Å². The van der Waals surface area contributed by atoms with Crippen molar-refractivity contribution >= 4 is 23.6 Å². The minimum absolute atomic E-state index is 0.114. The average molecular weight is 472 g/mol. The van der Waals surface area contributed by atoms with E-state index in [1.807, 2.05) is 48.5 Å². The zero-order chi connectivity index (χ0) is 24.6. The number of carbonyl (C=O) groups excluding carboxylic acids is 2. The largest absolute Gasteiger partial charge is 0.457 e. The van der Waals surface area contributed by atoms with Gasteiger partial charge >= 0.3 is 0 Å². The highest BCUT2D eigenvalue weighted by molar-refractivity contribution is 6.05. The number of hydrogen-bond acceptors (Lipinski definition) is 5. The number of non-ortho nitro benzene ring substituents is 1. The van der Waals surface area contributed by atoms with Crippen LogP contribution in [-0.4, -0.2) is 34.7 Å². The van der Waals surface area contributed by atoms with Gasteiger partial charge in [0.1, 0.15) is 17.2 Å². The highest BCUT2D eigenvalue weighted by atomic mass is 16.6. The first-order valence-corrected chi connectivity index (χ1v) is 11.4. The lowest BCUT2D eigenvalue weighted by atomic mass is 10.1. The number of nitrogens with one attached hydrogen (secondary N) is 1. The molecule has 1 aliphatic heterocycles. The number of nitro benzene ring substituents is 1. The lowest BCUT2D eigenvalue weighted by Gasteiger charge is -2.27. The van der Waals surface area contributed by atoms with E-state index < -0.39 is 10.8 Å². The molecule has 0 saturated carbocycles. The van der Waals surface area contributed by atoms with Crippen molar-refractivity contribution < 1.29 is 19.2 Å². The highest BCUT2D eigenvalue weighted by Gasteiger charge is 2.22. The van der Waals surface area contributed by atoms with Gasteiger partial charge in [-0.25, -0.2) is 0 Å². The summed E-state index contributed by atoms with van der Waals surface area (Å²) in [4.78, 5) is 38.3. The molecule has 3 aromatic carbocycles. The number of likely N-dealkylation sites (tertiary alicyclic amines) is 1. The maximum atomic E-state index is 13.3. The maximum Gasteiger partial charge on any atom is 0.270 e.